The summed E-state index contributed by atoms with van der Waals surface area (Å²) in [7, 11) is 0. The second kappa shape index (κ2) is 5.83. The van der Waals surface area contributed by atoms with Crippen molar-refractivity contribution in [1.29, 1.82) is 0 Å². The van der Waals surface area contributed by atoms with E-state index in [2.05, 4.69) is 0 Å². The summed E-state index contributed by atoms with van der Waals surface area (Å²) in [4.78, 5) is 22.0. The molecule has 0 aliphatic rings. The minimum absolute atomic E-state index is 0.0419. The van der Waals surface area contributed by atoms with Gasteiger partial charge in [0.05, 0.1) is 16.1 Å². The maximum absolute atomic E-state index is 11.7. The van der Waals surface area contributed by atoms with Gasteiger partial charge in [0.15, 0.2) is 0 Å². The number of para-hydroxylation sites is 1. The van der Waals surface area contributed by atoms with Gasteiger partial charge in [-0.25, -0.2) is 4.79 Å². The first-order valence-electron chi connectivity index (χ1n) is 5.76. The molecule has 2 rings (SSSR count). The van der Waals surface area contributed by atoms with E-state index in [1.807, 2.05) is 0 Å². The number of rotatable bonds is 4. The molecule has 0 saturated heterocycles. The molecule has 102 valence electrons. The number of aromatic hydroxyl groups is 1. The van der Waals surface area contributed by atoms with Crippen molar-refractivity contribution in [1.82, 2.24) is 0 Å². The van der Waals surface area contributed by atoms with Crippen LogP contribution in [0, 0.1) is 10.1 Å². The van der Waals surface area contributed by atoms with Crippen molar-refractivity contribution in [2.24, 2.45) is 0 Å². The summed E-state index contributed by atoms with van der Waals surface area (Å²) in [5.41, 5.74) is 0.497. The average molecular weight is 273 g/mol. The molecule has 20 heavy (non-hydrogen) atoms. The van der Waals surface area contributed by atoms with Crippen LogP contribution in [0.3, 0.4) is 0 Å². The molecule has 0 fully saturated rings. The first kappa shape index (κ1) is 13.5. The molecular weight excluding hydrogens is 262 g/mol. The predicted octanol–water partition coefficient (Wildman–Crippen LogP) is 2.66. The van der Waals surface area contributed by atoms with Crippen molar-refractivity contribution in [2.75, 3.05) is 0 Å². The van der Waals surface area contributed by atoms with Gasteiger partial charge in [0.1, 0.15) is 12.4 Å². The number of nitrogens with zero attached hydrogens (tertiary/aromatic N) is 1. The molecule has 0 radical (unpaired) electrons. The van der Waals surface area contributed by atoms with Crippen LogP contribution >= 0.6 is 0 Å². The van der Waals surface area contributed by atoms with Crippen LogP contribution in [-0.2, 0) is 11.3 Å². The molecule has 2 aromatic rings. The molecule has 0 unspecified atom stereocenters. The topological polar surface area (TPSA) is 89.7 Å². The van der Waals surface area contributed by atoms with E-state index in [9.17, 15) is 14.9 Å². The number of carbonyl (C=O) groups excluding carboxylic acids is 1. The van der Waals surface area contributed by atoms with Gasteiger partial charge in [-0.1, -0.05) is 12.1 Å². The normalized spacial score (nSPS) is 10.0. The SMILES string of the molecule is O=C(OCc1ccccc1[N+](=O)[O-])c1ccc(O)cc1. The van der Waals surface area contributed by atoms with Crippen LogP contribution in [0.5, 0.6) is 5.75 Å². The van der Waals surface area contributed by atoms with Gasteiger partial charge in [-0.3, -0.25) is 10.1 Å². The lowest BCUT2D eigenvalue weighted by Crippen LogP contribution is -2.06. The number of ether oxygens (including phenoxy) is 1. The Morgan fingerprint density at radius 3 is 2.45 bits per heavy atom. The largest absolute Gasteiger partial charge is 0.508 e. The first-order chi connectivity index (χ1) is 9.58. The molecule has 0 bridgehead atoms. The maximum Gasteiger partial charge on any atom is 0.338 e. The van der Waals surface area contributed by atoms with Crippen LogP contribution in [0.2, 0.25) is 0 Å². The van der Waals surface area contributed by atoms with E-state index in [0.717, 1.165) is 0 Å². The highest BCUT2D eigenvalue weighted by molar-refractivity contribution is 5.89. The quantitative estimate of drug-likeness (QED) is 0.525. The number of phenols is 1. The standard InChI is InChI=1S/C14H11NO5/c16-12-7-5-10(6-8-12)14(17)20-9-11-3-1-2-4-13(11)15(18)19/h1-8,16H,9H2. The molecule has 6 nitrogen and oxygen atoms in total. The summed E-state index contributed by atoms with van der Waals surface area (Å²) in [6, 6.07) is 11.6. The minimum atomic E-state index is -0.608. The van der Waals surface area contributed by atoms with Crippen molar-refractivity contribution in [3.05, 3.63) is 69.8 Å². The number of hydrogen-bond donors (Lipinski definition) is 1. The molecule has 0 atom stereocenters. The highest BCUT2D eigenvalue weighted by atomic mass is 16.6. The zero-order chi connectivity index (χ0) is 14.5. The fourth-order valence-electron chi connectivity index (χ4n) is 1.64. The Kier molecular flexibility index (Phi) is 3.95. The van der Waals surface area contributed by atoms with Crippen LogP contribution in [0.1, 0.15) is 15.9 Å². The second-order valence-corrected chi connectivity index (χ2v) is 4.01. The van der Waals surface area contributed by atoms with Gasteiger partial charge in [-0.15, -0.1) is 0 Å². The zero-order valence-electron chi connectivity index (χ0n) is 10.4. The molecule has 0 aromatic heterocycles. The van der Waals surface area contributed by atoms with Gasteiger partial charge < -0.3 is 9.84 Å². The Hall–Kier alpha value is -2.89. The lowest BCUT2D eigenvalue weighted by molar-refractivity contribution is -0.385. The van der Waals surface area contributed by atoms with E-state index < -0.39 is 10.9 Å². The number of carbonyl (C=O) groups is 1. The Balaban J connectivity index is 2.07. The highest BCUT2D eigenvalue weighted by Gasteiger charge is 2.14. The van der Waals surface area contributed by atoms with E-state index in [-0.39, 0.29) is 23.6 Å². The molecule has 1 N–H and O–H groups in total. The van der Waals surface area contributed by atoms with Crippen LogP contribution in [0.15, 0.2) is 48.5 Å². The number of benzene rings is 2. The summed E-state index contributed by atoms with van der Waals surface area (Å²) < 4.78 is 5.02. The van der Waals surface area contributed by atoms with Crippen molar-refractivity contribution >= 4 is 11.7 Å². The molecule has 0 heterocycles. The summed E-state index contributed by atoms with van der Waals surface area (Å²) in [5.74, 6) is -0.566. The van der Waals surface area contributed by atoms with Crippen LogP contribution < -0.4 is 0 Å². The minimum Gasteiger partial charge on any atom is -0.508 e. The Morgan fingerprint density at radius 2 is 1.80 bits per heavy atom. The third-order valence-electron chi connectivity index (χ3n) is 2.65. The van der Waals surface area contributed by atoms with Crippen LogP contribution in [0.25, 0.3) is 0 Å². The van der Waals surface area contributed by atoms with Gasteiger partial charge in [-0.2, -0.15) is 0 Å². The molecule has 0 aliphatic heterocycles. The molecular formula is C14H11NO5. The highest BCUT2D eigenvalue weighted by Crippen LogP contribution is 2.19. The van der Waals surface area contributed by atoms with Crippen molar-refractivity contribution in [3.8, 4) is 5.75 Å². The van der Waals surface area contributed by atoms with Crippen molar-refractivity contribution in [3.63, 3.8) is 0 Å². The first-order valence-corrected chi connectivity index (χ1v) is 5.76. The summed E-state index contributed by atoms with van der Waals surface area (Å²) in [6.45, 7) is -0.184. The summed E-state index contributed by atoms with van der Waals surface area (Å²) >= 11 is 0. The summed E-state index contributed by atoms with van der Waals surface area (Å²) in [6.07, 6.45) is 0. The van der Waals surface area contributed by atoms with Gasteiger partial charge in [0.2, 0.25) is 0 Å². The fourth-order valence-corrected chi connectivity index (χ4v) is 1.64. The second-order valence-electron chi connectivity index (χ2n) is 4.01. The smallest absolute Gasteiger partial charge is 0.338 e. The lowest BCUT2D eigenvalue weighted by Gasteiger charge is -2.05. The van der Waals surface area contributed by atoms with Gasteiger partial charge >= 0.3 is 5.97 Å². The third kappa shape index (κ3) is 3.11. The van der Waals surface area contributed by atoms with Crippen LogP contribution in [0.4, 0.5) is 5.69 Å². The third-order valence-corrected chi connectivity index (χ3v) is 2.65. The van der Waals surface area contributed by atoms with E-state index >= 15 is 0 Å². The van der Waals surface area contributed by atoms with Crippen molar-refractivity contribution in [2.45, 2.75) is 6.61 Å². The molecule has 2 aromatic carbocycles. The van der Waals surface area contributed by atoms with E-state index in [1.54, 1.807) is 12.1 Å². The van der Waals surface area contributed by atoms with E-state index in [0.29, 0.717) is 5.56 Å². The van der Waals surface area contributed by atoms with E-state index in [1.165, 1.54) is 36.4 Å². The molecule has 0 saturated carbocycles. The van der Waals surface area contributed by atoms with E-state index in [4.69, 9.17) is 9.84 Å². The Labute approximate surface area is 114 Å². The maximum atomic E-state index is 11.7. The summed E-state index contributed by atoms with van der Waals surface area (Å²) in [5, 5.41) is 19.9. The fraction of sp³-hybridized carbons (Fsp3) is 0.0714. The average Bonchev–Trinajstić information content (AvgIpc) is 2.45. The predicted molar refractivity (Wildman–Crippen MR) is 70.3 cm³/mol. The number of phenolic OH excluding ortho intramolecular Hbond substituents is 1. The Bertz CT molecular complexity index is 636. The van der Waals surface area contributed by atoms with Gasteiger partial charge in [0.25, 0.3) is 5.69 Å². The molecule has 0 aliphatic carbocycles. The zero-order valence-corrected chi connectivity index (χ0v) is 10.4. The molecule has 0 amide bonds. The van der Waals surface area contributed by atoms with Crippen LogP contribution in [-0.4, -0.2) is 16.0 Å². The van der Waals surface area contributed by atoms with Gasteiger partial charge in [-0.05, 0) is 30.3 Å². The van der Waals surface area contributed by atoms with Gasteiger partial charge in [0, 0.05) is 6.07 Å². The number of nitro benzene ring substituents is 1. The Morgan fingerprint density at radius 1 is 1.15 bits per heavy atom. The molecule has 0 spiro atoms. The number of esters is 1. The monoisotopic (exact) mass is 273 g/mol. The molecule has 6 heteroatoms. The number of hydrogen-bond acceptors (Lipinski definition) is 5. The number of nitro groups is 1. The lowest BCUT2D eigenvalue weighted by atomic mass is 10.2. The van der Waals surface area contributed by atoms with Crippen molar-refractivity contribution < 1.29 is 19.6 Å².